The van der Waals surface area contributed by atoms with Crippen molar-refractivity contribution in [3.63, 3.8) is 0 Å². The van der Waals surface area contributed by atoms with Crippen molar-refractivity contribution < 1.29 is 0 Å². The van der Waals surface area contributed by atoms with E-state index >= 15 is 0 Å². The second-order valence-electron chi connectivity index (χ2n) is 4.00. The maximum Gasteiger partial charge on any atom is 0.138 e. The van der Waals surface area contributed by atoms with Crippen molar-refractivity contribution in [3.8, 4) is 0 Å². The third-order valence-electron chi connectivity index (χ3n) is 2.65. The van der Waals surface area contributed by atoms with E-state index in [1.807, 2.05) is 11.8 Å². The van der Waals surface area contributed by atoms with E-state index in [1.165, 1.54) is 5.56 Å². The highest BCUT2D eigenvalue weighted by atomic mass is 32.2. The summed E-state index contributed by atoms with van der Waals surface area (Å²) in [7, 11) is 0. The molecule has 0 spiro atoms. The lowest BCUT2D eigenvalue weighted by atomic mass is 9.98. The number of nitrogens with two attached hydrogens (primary N) is 1. The Morgan fingerprint density at radius 1 is 1.25 bits per heavy atom. The highest BCUT2D eigenvalue weighted by molar-refractivity contribution is 7.98. The van der Waals surface area contributed by atoms with Gasteiger partial charge in [-0.1, -0.05) is 13.8 Å². The third kappa shape index (κ3) is 3.19. The van der Waals surface area contributed by atoms with Crippen molar-refractivity contribution >= 4 is 11.8 Å². The van der Waals surface area contributed by atoms with E-state index in [-0.39, 0.29) is 0 Å². The standard InChI is InChI=1S/C12H21N3S/c1-5-16-7-11-14-9(3)12(8(2)6-13)10(4)15-11/h8H,5-7,13H2,1-4H3. The molecular formula is C12H21N3S. The summed E-state index contributed by atoms with van der Waals surface area (Å²) >= 11 is 1.85. The number of aryl methyl sites for hydroxylation is 2. The number of rotatable bonds is 5. The molecule has 0 radical (unpaired) electrons. The molecule has 0 saturated heterocycles. The van der Waals surface area contributed by atoms with Gasteiger partial charge in [0.15, 0.2) is 0 Å². The summed E-state index contributed by atoms with van der Waals surface area (Å²) in [6.07, 6.45) is 0. The highest BCUT2D eigenvalue weighted by Crippen LogP contribution is 2.21. The lowest BCUT2D eigenvalue weighted by Gasteiger charge is -2.15. The Balaban J connectivity index is 2.98. The fourth-order valence-corrected chi connectivity index (χ4v) is 2.40. The minimum atomic E-state index is 0.341. The molecular weight excluding hydrogens is 218 g/mol. The Hall–Kier alpha value is -0.610. The van der Waals surface area contributed by atoms with Crippen LogP contribution in [0.2, 0.25) is 0 Å². The Kier molecular flexibility index (Phi) is 5.22. The van der Waals surface area contributed by atoms with Crippen molar-refractivity contribution in [1.29, 1.82) is 0 Å². The number of nitrogens with zero attached hydrogens (tertiary/aromatic N) is 2. The van der Waals surface area contributed by atoms with Gasteiger partial charge in [-0.3, -0.25) is 0 Å². The van der Waals surface area contributed by atoms with Crippen LogP contribution in [-0.4, -0.2) is 22.3 Å². The van der Waals surface area contributed by atoms with Gasteiger partial charge in [-0.05, 0) is 37.6 Å². The van der Waals surface area contributed by atoms with Crippen molar-refractivity contribution in [2.75, 3.05) is 12.3 Å². The monoisotopic (exact) mass is 239 g/mol. The van der Waals surface area contributed by atoms with E-state index in [9.17, 15) is 0 Å². The second kappa shape index (κ2) is 6.21. The number of thioether (sulfide) groups is 1. The molecule has 0 aromatic carbocycles. The summed E-state index contributed by atoms with van der Waals surface area (Å²) in [6.45, 7) is 9.02. The summed E-state index contributed by atoms with van der Waals surface area (Å²) in [5, 5.41) is 0. The molecule has 90 valence electrons. The van der Waals surface area contributed by atoms with Gasteiger partial charge < -0.3 is 5.73 Å². The van der Waals surface area contributed by atoms with Crippen molar-refractivity contribution in [2.45, 2.75) is 39.4 Å². The Labute approximate surface area is 102 Å². The number of hydrogen-bond acceptors (Lipinski definition) is 4. The van der Waals surface area contributed by atoms with Crippen LogP contribution in [0.5, 0.6) is 0 Å². The quantitative estimate of drug-likeness (QED) is 0.857. The summed E-state index contributed by atoms with van der Waals surface area (Å²) in [5.41, 5.74) is 9.08. The maximum atomic E-state index is 5.70. The molecule has 0 amide bonds. The first kappa shape index (κ1) is 13.5. The molecule has 1 heterocycles. The van der Waals surface area contributed by atoms with E-state index in [1.54, 1.807) is 0 Å². The molecule has 1 atom stereocenters. The van der Waals surface area contributed by atoms with Gasteiger partial charge in [0.25, 0.3) is 0 Å². The van der Waals surface area contributed by atoms with Crippen LogP contribution in [0.4, 0.5) is 0 Å². The van der Waals surface area contributed by atoms with Crippen LogP contribution >= 0.6 is 11.8 Å². The van der Waals surface area contributed by atoms with Gasteiger partial charge in [0, 0.05) is 11.4 Å². The molecule has 0 bridgehead atoms. The summed E-state index contributed by atoms with van der Waals surface area (Å²) < 4.78 is 0. The molecule has 1 aromatic rings. The Morgan fingerprint density at radius 3 is 2.25 bits per heavy atom. The Bertz CT molecular complexity index is 329. The van der Waals surface area contributed by atoms with Gasteiger partial charge in [-0.2, -0.15) is 11.8 Å². The summed E-state index contributed by atoms with van der Waals surface area (Å²) in [5.74, 6) is 3.28. The number of aromatic nitrogens is 2. The zero-order valence-corrected chi connectivity index (χ0v) is 11.4. The fourth-order valence-electron chi connectivity index (χ4n) is 1.88. The minimum absolute atomic E-state index is 0.341. The molecule has 0 saturated carbocycles. The molecule has 2 N–H and O–H groups in total. The van der Waals surface area contributed by atoms with Crippen molar-refractivity contribution in [3.05, 3.63) is 22.8 Å². The van der Waals surface area contributed by atoms with E-state index in [4.69, 9.17) is 5.73 Å². The van der Waals surface area contributed by atoms with Gasteiger partial charge in [0.1, 0.15) is 5.82 Å². The van der Waals surface area contributed by atoms with Crippen LogP contribution in [0.3, 0.4) is 0 Å². The molecule has 0 aliphatic heterocycles. The maximum absolute atomic E-state index is 5.70. The average Bonchev–Trinajstić information content (AvgIpc) is 2.25. The van der Waals surface area contributed by atoms with Crippen molar-refractivity contribution in [2.24, 2.45) is 5.73 Å². The molecule has 16 heavy (non-hydrogen) atoms. The van der Waals surface area contributed by atoms with Crippen LogP contribution in [0.15, 0.2) is 0 Å². The smallest absolute Gasteiger partial charge is 0.138 e. The second-order valence-corrected chi connectivity index (χ2v) is 5.27. The highest BCUT2D eigenvalue weighted by Gasteiger charge is 2.13. The van der Waals surface area contributed by atoms with Crippen LogP contribution in [0.25, 0.3) is 0 Å². The van der Waals surface area contributed by atoms with Crippen LogP contribution < -0.4 is 5.73 Å². The predicted octanol–water partition coefficient (Wildman–Crippen LogP) is 2.41. The Morgan fingerprint density at radius 2 is 1.81 bits per heavy atom. The molecule has 1 rings (SSSR count). The zero-order chi connectivity index (χ0) is 12.1. The number of hydrogen-bond donors (Lipinski definition) is 1. The molecule has 0 aliphatic carbocycles. The molecule has 1 aromatic heterocycles. The topological polar surface area (TPSA) is 51.8 Å². The fraction of sp³-hybridized carbons (Fsp3) is 0.667. The van der Waals surface area contributed by atoms with Crippen molar-refractivity contribution in [1.82, 2.24) is 9.97 Å². The minimum Gasteiger partial charge on any atom is -0.330 e. The van der Waals surface area contributed by atoms with Crippen LogP contribution in [-0.2, 0) is 5.75 Å². The third-order valence-corrected chi connectivity index (χ3v) is 3.53. The molecule has 0 fully saturated rings. The molecule has 0 aliphatic rings. The first-order chi connectivity index (χ1) is 7.60. The SMILES string of the molecule is CCSCc1nc(C)c(C(C)CN)c(C)n1. The van der Waals surface area contributed by atoms with E-state index in [0.717, 1.165) is 28.7 Å². The lowest BCUT2D eigenvalue weighted by Crippen LogP contribution is -2.14. The lowest BCUT2D eigenvalue weighted by molar-refractivity contribution is 0.736. The van der Waals surface area contributed by atoms with Crippen LogP contribution in [0.1, 0.15) is 42.5 Å². The van der Waals surface area contributed by atoms with Gasteiger partial charge in [0.05, 0.1) is 5.75 Å². The first-order valence-electron chi connectivity index (χ1n) is 5.71. The largest absolute Gasteiger partial charge is 0.330 e. The predicted molar refractivity (Wildman–Crippen MR) is 70.8 cm³/mol. The first-order valence-corrected chi connectivity index (χ1v) is 6.87. The average molecular weight is 239 g/mol. The summed E-state index contributed by atoms with van der Waals surface area (Å²) in [4.78, 5) is 9.11. The van der Waals surface area contributed by atoms with Gasteiger partial charge in [-0.15, -0.1) is 0 Å². The molecule has 1 unspecified atom stereocenters. The molecule has 3 nitrogen and oxygen atoms in total. The van der Waals surface area contributed by atoms with Gasteiger partial charge >= 0.3 is 0 Å². The summed E-state index contributed by atoms with van der Waals surface area (Å²) in [6, 6.07) is 0. The normalized spacial score (nSPS) is 12.8. The molecule has 4 heteroatoms. The van der Waals surface area contributed by atoms with Crippen LogP contribution in [0, 0.1) is 13.8 Å². The zero-order valence-electron chi connectivity index (χ0n) is 10.6. The van der Waals surface area contributed by atoms with Gasteiger partial charge in [-0.25, -0.2) is 9.97 Å². The van der Waals surface area contributed by atoms with Gasteiger partial charge in [0.2, 0.25) is 0 Å². The van der Waals surface area contributed by atoms with E-state index in [0.29, 0.717) is 12.5 Å². The van der Waals surface area contributed by atoms with E-state index in [2.05, 4.69) is 37.7 Å². The van der Waals surface area contributed by atoms with E-state index < -0.39 is 0 Å².